The van der Waals surface area contributed by atoms with E-state index in [0.717, 1.165) is 44.2 Å². The number of rotatable bonds is 9. The van der Waals surface area contributed by atoms with E-state index in [-0.39, 0.29) is 0 Å². The monoisotopic (exact) mass is 249 g/mol. The summed E-state index contributed by atoms with van der Waals surface area (Å²) < 4.78 is 5.75. The summed E-state index contributed by atoms with van der Waals surface area (Å²) in [5.74, 6) is 1.74. The standard InChI is InChI=1S/C16H27NO/c1-4-15-8-7-9-16(12-15)18-11-6-5-10-17-13-14(2)3/h7-9,12,14,17H,4-6,10-11,13H2,1-3H3. The third kappa shape index (κ3) is 6.65. The molecule has 0 aliphatic carbocycles. The van der Waals surface area contributed by atoms with Crippen LogP contribution in [0, 0.1) is 5.92 Å². The summed E-state index contributed by atoms with van der Waals surface area (Å²) >= 11 is 0. The smallest absolute Gasteiger partial charge is 0.119 e. The fourth-order valence-corrected chi connectivity index (χ4v) is 1.79. The fourth-order valence-electron chi connectivity index (χ4n) is 1.79. The minimum absolute atomic E-state index is 0.734. The van der Waals surface area contributed by atoms with Gasteiger partial charge in [0.2, 0.25) is 0 Å². The number of benzene rings is 1. The summed E-state index contributed by atoms with van der Waals surface area (Å²) in [6.07, 6.45) is 3.36. The number of ether oxygens (including phenoxy) is 1. The van der Waals surface area contributed by atoms with Crippen LogP contribution in [0.25, 0.3) is 0 Å². The number of unbranched alkanes of at least 4 members (excludes halogenated alkanes) is 1. The Balaban J connectivity index is 2.06. The Morgan fingerprint density at radius 3 is 2.78 bits per heavy atom. The molecule has 0 unspecified atom stereocenters. The molecule has 0 spiro atoms. The lowest BCUT2D eigenvalue weighted by molar-refractivity contribution is 0.305. The average molecular weight is 249 g/mol. The van der Waals surface area contributed by atoms with Crippen molar-refractivity contribution in [2.45, 2.75) is 40.0 Å². The molecule has 1 aromatic rings. The minimum Gasteiger partial charge on any atom is -0.494 e. The van der Waals surface area contributed by atoms with E-state index >= 15 is 0 Å². The van der Waals surface area contributed by atoms with Crippen LogP contribution < -0.4 is 10.1 Å². The van der Waals surface area contributed by atoms with Crippen LogP contribution >= 0.6 is 0 Å². The van der Waals surface area contributed by atoms with E-state index in [2.05, 4.69) is 44.3 Å². The third-order valence-electron chi connectivity index (χ3n) is 2.88. The van der Waals surface area contributed by atoms with E-state index < -0.39 is 0 Å². The summed E-state index contributed by atoms with van der Waals surface area (Å²) in [7, 11) is 0. The number of hydrogen-bond acceptors (Lipinski definition) is 2. The zero-order valence-corrected chi connectivity index (χ0v) is 12.0. The first-order valence-electron chi connectivity index (χ1n) is 7.14. The first-order chi connectivity index (χ1) is 8.72. The van der Waals surface area contributed by atoms with Crippen molar-refractivity contribution in [1.82, 2.24) is 5.32 Å². The highest BCUT2D eigenvalue weighted by molar-refractivity contribution is 5.28. The average Bonchev–Trinajstić information content (AvgIpc) is 2.37. The molecule has 1 aromatic carbocycles. The Morgan fingerprint density at radius 2 is 2.06 bits per heavy atom. The van der Waals surface area contributed by atoms with Gasteiger partial charge in [0.05, 0.1) is 6.61 Å². The molecule has 0 saturated heterocycles. The molecule has 18 heavy (non-hydrogen) atoms. The molecule has 0 bridgehead atoms. The van der Waals surface area contributed by atoms with Gasteiger partial charge in [0.1, 0.15) is 5.75 Å². The molecular weight excluding hydrogens is 222 g/mol. The molecule has 2 nitrogen and oxygen atoms in total. The van der Waals surface area contributed by atoms with Gasteiger partial charge in [0.15, 0.2) is 0 Å². The Bertz CT molecular complexity index is 323. The van der Waals surface area contributed by atoms with E-state index in [1.54, 1.807) is 0 Å². The Hall–Kier alpha value is -1.02. The van der Waals surface area contributed by atoms with Crippen molar-refractivity contribution in [1.29, 1.82) is 0 Å². The summed E-state index contributed by atoms with van der Waals surface area (Å²) in [5, 5.41) is 3.45. The molecule has 2 heteroatoms. The first-order valence-corrected chi connectivity index (χ1v) is 7.14. The van der Waals surface area contributed by atoms with Crippen LogP contribution in [0.15, 0.2) is 24.3 Å². The van der Waals surface area contributed by atoms with Gasteiger partial charge in [-0.15, -0.1) is 0 Å². The number of aryl methyl sites for hydroxylation is 1. The van der Waals surface area contributed by atoms with E-state index in [0.29, 0.717) is 0 Å². The van der Waals surface area contributed by atoms with Crippen molar-refractivity contribution in [3.05, 3.63) is 29.8 Å². The zero-order chi connectivity index (χ0) is 13.2. The first kappa shape index (κ1) is 15.0. The molecule has 0 atom stereocenters. The molecule has 1 rings (SSSR count). The summed E-state index contributed by atoms with van der Waals surface area (Å²) in [4.78, 5) is 0. The van der Waals surface area contributed by atoms with Gasteiger partial charge in [-0.3, -0.25) is 0 Å². The van der Waals surface area contributed by atoms with Crippen molar-refractivity contribution in [2.24, 2.45) is 5.92 Å². The largest absolute Gasteiger partial charge is 0.494 e. The van der Waals surface area contributed by atoms with Crippen molar-refractivity contribution in [3.63, 3.8) is 0 Å². The molecule has 0 aliphatic heterocycles. The van der Waals surface area contributed by atoms with E-state index in [1.165, 1.54) is 12.0 Å². The van der Waals surface area contributed by atoms with Crippen LogP contribution in [0.5, 0.6) is 5.75 Å². The second-order valence-electron chi connectivity index (χ2n) is 5.15. The van der Waals surface area contributed by atoms with Gasteiger partial charge in [-0.1, -0.05) is 32.9 Å². The summed E-state index contributed by atoms with van der Waals surface area (Å²) in [6.45, 7) is 9.65. The molecule has 0 aliphatic rings. The number of nitrogens with one attached hydrogen (secondary N) is 1. The topological polar surface area (TPSA) is 21.3 Å². The SMILES string of the molecule is CCc1cccc(OCCCCNCC(C)C)c1. The van der Waals surface area contributed by atoms with Gasteiger partial charge in [-0.25, -0.2) is 0 Å². The molecule has 102 valence electrons. The van der Waals surface area contributed by atoms with Gasteiger partial charge in [-0.2, -0.15) is 0 Å². The van der Waals surface area contributed by atoms with Crippen molar-refractivity contribution in [3.8, 4) is 5.75 Å². The van der Waals surface area contributed by atoms with Gasteiger partial charge < -0.3 is 10.1 Å². The summed E-state index contributed by atoms with van der Waals surface area (Å²) in [5.41, 5.74) is 1.34. The Morgan fingerprint density at radius 1 is 1.22 bits per heavy atom. The molecule has 0 fully saturated rings. The van der Waals surface area contributed by atoms with Crippen molar-refractivity contribution in [2.75, 3.05) is 19.7 Å². The van der Waals surface area contributed by atoms with Crippen LogP contribution in [0.3, 0.4) is 0 Å². The Labute approximate surface area is 112 Å². The normalized spacial score (nSPS) is 10.9. The molecule has 0 saturated carbocycles. The van der Waals surface area contributed by atoms with Gasteiger partial charge in [0, 0.05) is 0 Å². The highest BCUT2D eigenvalue weighted by Crippen LogP contribution is 2.13. The molecule has 0 heterocycles. The zero-order valence-electron chi connectivity index (χ0n) is 12.0. The van der Waals surface area contributed by atoms with E-state index in [1.807, 2.05) is 6.07 Å². The maximum atomic E-state index is 5.75. The molecule has 1 N–H and O–H groups in total. The van der Waals surface area contributed by atoms with Crippen molar-refractivity contribution >= 4 is 0 Å². The predicted octanol–water partition coefficient (Wildman–Crippen LogP) is 3.65. The van der Waals surface area contributed by atoms with Crippen molar-refractivity contribution < 1.29 is 4.74 Å². The van der Waals surface area contributed by atoms with Gasteiger partial charge in [-0.05, 0) is 56.0 Å². The molecule has 0 aromatic heterocycles. The highest BCUT2D eigenvalue weighted by atomic mass is 16.5. The van der Waals surface area contributed by atoms with E-state index in [9.17, 15) is 0 Å². The minimum atomic E-state index is 0.734. The fraction of sp³-hybridized carbons (Fsp3) is 0.625. The molecule has 0 amide bonds. The lowest BCUT2D eigenvalue weighted by atomic mass is 10.2. The van der Waals surface area contributed by atoms with Crippen LogP contribution in [-0.2, 0) is 6.42 Å². The summed E-state index contributed by atoms with van der Waals surface area (Å²) in [6, 6.07) is 8.38. The highest BCUT2D eigenvalue weighted by Gasteiger charge is 1.96. The quantitative estimate of drug-likeness (QED) is 0.674. The second kappa shape index (κ2) is 8.98. The van der Waals surface area contributed by atoms with Gasteiger partial charge in [0.25, 0.3) is 0 Å². The Kier molecular flexibility index (Phi) is 7.51. The maximum absolute atomic E-state index is 5.75. The van der Waals surface area contributed by atoms with E-state index in [4.69, 9.17) is 4.74 Å². The van der Waals surface area contributed by atoms with Crippen LogP contribution in [0.1, 0.15) is 39.2 Å². The maximum Gasteiger partial charge on any atom is 0.119 e. The molecule has 0 radical (unpaired) electrons. The third-order valence-corrected chi connectivity index (χ3v) is 2.88. The lowest BCUT2D eigenvalue weighted by Gasteiger charge is -2.09. The van der Waals surface area contributed by atoms with Crippen LogP contribution in [0.2, 0.25) is 0 Å². The van der Waals surface area contributed by atoms with Crippen LogP contribution in [-0.4, -0.2) is 19.7 Å². The predicted molar refractivity (Wildman–Crippen MR) is 78.3 cm³/mol. The lowest BCUT2D eigenvalue weighted by Crippen LogP contribution is -2.21. The second-order valence-corrected chi connectivity index (χ2v) is 5.15. The van der Waals surface area contributed by atoms with Gasteiger partial charge >= 0.3 is 0 Å². The molecular formula is C16H27NO. The number of hydrogen-bond donors (Lipinski definition) is 1. The van der Waals surface area contributed by atoms with Crippen LogP contribution in [0.4, 0.5) is 0 Å².